The average molecular weight is 382 g/mol. The summed E-state index contributed by atoms with van der Waals surface area (Å²) in [5.41, 5.74) is -0.626. The van der Waals surface area contributed by atoms with Crippen LogP contribution in [0.5, 0.6) is 0 Å². The molecule has 1 amide bonds. The fraction of sp³-hybridized carbons (Fsp3) is 0.429. The number of amides is 1. The van der Waals surface area contributed by atoms with Crippen molar-refractivity contribution in [3.8, 4) is 0 Å². The third-order valence-electron chi connectivity index (χ3n) is 3.15. The van der Waals surface area contributed by atoms with Crippen molar-refractivity contribution >= 4 is 27.8 Å². The lowest BCUT2D eigenvalue weighted by Crippen LogP contribution is -2.49. The molecule has 0 heterocycles. The Balaban J connectivity index is 2.95. The zero-order valence-electron chi connectivity index (χ0n) is 11.9. The number of hydrogen-bond donors (Lipinski definition) is 2. The first kappa shape index (κ1) is 18.5. The summed E-state index contributed by atoms with van der Waals surface area (Å²) in [6, 6.07) is 4.70. The molecule has 122 valence electrons. The molecule has 1 unspecified atom stereocenters. The van der Waals surface area contributed by atoms with Gasteiger partial charge in [-0.05, 0) is 31.5 Å². The standard InChI is InChI=1S/C14H15BrF3NO3/c1-13(2,8-4-3-5-9(15)6-8)12(22)19-10(11(20)21)7-14(16,17)18/h3-6,10H,7H2,1-2H3,(H,19,22)(H,20,21). The van der Waals surface area contributed by atoms with Gasteiger partial charge in [0.1, 0.15) is 6.04 Å². The second kappa shape index (κ2) is 6.68. The van der Waals surface area contributed by atoms with Crippen LogP contribution in [0.15, 0.2) is 28.7 Å². The van der Waals surface area contributed by atoms with Crippen molar-refractivity contribution in [1.29, 1.82) is 0 Å². The third-order valence-corrected chi connectivity index (χ3v) is 3.65. The Labute approximate surface area is 133 Å². The number of hydrogen-bond acceptors (Lipinski definition) is 2. The summed E-state index contributed by atoms with van der Waals surface area (Å²) < 4.78 is 37.8. The molecule has 0 aliphatic rings. The molecule has 1 aromatic rings. The number of alkyl halides is 3. The highest BCUT2D eigenvalue weighted by molar-refractivity contribution is 9.10. The van der Waals surface area contributed by atoms with Crippen LogP contribution >= 0.6 is 15.9 Å². The van der Waals surface area contributed by atoms with E-state index in [0.29, 0.717) is 10.0 Å². The van der Waals surface area contributed by atoms with Gasteiger partial charge in [0.2, 0.25) is 5.91 Å². The minimum absolute atomic E-state index is 0.551. The van der Waals surface area contributed by atoms with E-state index in [1.54, 1.807) is 24.3 Å². The van der Waals surface area contributed by atoms with E-state index in [9.17, 15) is 22.8 Å². The molecule has 0 bridgehead atoms. The first-order valence-corrected chi connectivity index (χ1v) is 7.09. The van der Waals surface area contributed by atoms with Gasteiger partial charge in [-0.25, -0.2) is 4.79 Å². The van der Waals surface area contributed by atoms with E-state index in [2.05, 4.69) is 15.9 Å². The highest BCUT2D eigenvalue weighted by Crippen LogP contribution is 2.27. The molecule has 4 nitrogen and oxygen atoms in total. The lowest BCUT2D eigenvalue weighted by Gasteiger charge is -2.27. The van der Waals surface area contributed by atoms with Gasteiger partial charge >= 0.3 is 12.1 Å². The predicted octanol–water partition coefficient (Wildman–Crippen LogP) is 3.25. The van der Waals surface area contributed by atoms with E-state index in [1.165, 1.54) is 13.8 Å². The molecule has 0 aliphatic heterocycles. The summed E-state index contributed by atoms with van der Waals surface area (Å²) in [5.74, 6) is -2.52. The highest BCUT2D eigenvalue weighted by atomic mass is 79.9. The molecular formula is C14H15BrF3NO3. The van der Waals surface area contributed by atoms with Crippen LogP contribution in [-0.4, -0.2) is 29.2 Å². The number of benzene rings is 1. The van der Waals surface area contributed by atoms with E-state index in [1.807, 2.05) is 5.32 Å². The molecule has 1 aromatic carbocycles. The van der Waals surface area contributed by atoms with Crippen molar-refractivity contribution in [3.05, 3.63) is 34.3 Å². The number of aliphatic carboxylic acids is 1. The smallest absolute Gasteiger partial charge is 0.391 e. The van der Waals surface area contributed by atoms with Gasteiger partial charge in [0.15, 0.2) is 0 Å². The van der Waals surface area contributed by atoms with Crippen molar-refractivity contribution < 1.29 is 27.9 Å². The lowest BCUT2D eigenvalue weighted by atomic mass is 9.83. The number of carbonyl (C=O) groups excluding carboxylic acids is 1. The molecule has 0 saturated heterocycles. The van der Waals surface area contributed by atoms with Gasteiger partial charge in [-0.15, -0.1) is 0 Å². The molecule has 0 fully saturated rings. The normalized spacial score (nSPS) is 13.5. The van der Waals surface area contributed by atoms with Crippen molar-refractivity contribution in [2.45, 2.75) is 37.9 Å². The zero-order valence-corrected chi connectivity index (χ0v) is 13.5. The topological polar surface area (TPSA) is 66.4 Å². The van der Waals surface area contributed by atoms with Crippen molar-refractivity contribution in [2.75, 3.05) is 0 Å². The van der Waals surface area contributed by atoms with Crippen LogP contribution in [0.4, 0.5) is 13.2 Å². The predicted molar refractivity (Wildman–Crippen MR) is 77.4 cm³/mol. The van der Waals surface area contributed by atoms with Gasteiger partial charge in [0, 0.05) is 4.47 Å². The van der Waals surface area contributed by atoms with E-state index in [-0.39, 0.29) is 0 Å². The van der Waals surface area contributed by atoms with E-state index >= 15 is 0 Å². The quantitative estimate of drug-likeness (QED) is 0.822. The van der Waals surface area contributed by atoms with Gasteiger partial charge in [-0.1, -0.05) is 28.1 Å². The van der Waals surface area contributed by atoms with Gasteiger partial charge in [-0.2, -0.15) is 13.2 Å². The van der Waals surface area contributed by atoms with Gasteiger partial charge in [-0.3, -0.25) is 4.79 Å². The monoisotopic (exact) mass is 381 g/mol. The minimum atomic E-state index is -4.68. The second-order valence-corrected chi connectivity index (χ2v) is 6.23. The van der Waals surface area contributed by atoms with Crippen LogP contribution < -0.4 is 5.32 Å². The molecule has 8 heteroatoms. The molecule has 1 atom stereocenters. The van der Waals surface area contributed by atoms with E-state index < -0.39 is 35.9 Å². The highest BCUT2D eigenvalue weighted by Gasteiger charge is 2.39. The van der Waals surface area contributed by atoms with Crippen LogP contribution in [0.1, 0.15) is 25.8 Å². The molecule has 1 rings (SSSR count). The second-order valence-electron chi connectivity index (χ2n) is 5.32. The van der Waals surface area contributed by atoms with Crippen molar-refractivity contribution in [3.63, 3.8) is 0 Å². The number of carbonyl (C=O) groups is 2. The summed E-state index contributed by atoms with van der Waals surface area (Å²) in [4.78, 5) is 23.1. The summed E-state index contributed by atoms with van der Waals surface area (Å²) in [7, 11) is 0. The lowest BCUT2D eigenvalue weighted by molar-refractivity contribution is -0.160. The van der Waals surface area contributed by atoms with Crippen LogP contribution in [-0.2, 0) is 15.0 Å². The molecule has 2 N–H and O–H groups in total. The summed E-state index contributed by atoms with van der Waals surface area (Å²) in [6.07, 6.45) is -6.31. The van der Waals surface area contributed by atoms with Gasteiger partial charge < -0.3 is 10.4 Å². The summed E-state index contributed by atoms with van der Waals surface area (Å²) in [6.45, 7) is 3.02. The molecule has 22 heavy (non-hydrogen) atoms. The first-order valence-electron chi connectivity index (χ1n) is 6.30. The fourth-order valence-corrected chi connectivity index (χ4v) is 2.18. The van der Waals surface area contributed by atoms with Gasteiger partial charge in [0.25, 0.3) is 0 Å². The van der Waals surface area contributed by atoms with Crippen molar-refractivity contribution in [1.82, 2.24) is 5.32 Å². The molecule has 0 aliphatic carbocycles. The fourth-order valence-electron chi connectivity index (χ4n) is 1.78. The van der Waals surface area contributed by atoms with Crippen LogP contribution in [0.25, 0.3) is 0 Å². The molecule has 0 spiro atoms. The molecule has 0 radical (unpaired) electrons. The maximum atomic E-state index is 12.4. The Morgan fingerprint density at radius 1 is 1.32 bits per heavy atom. The molecular weight excluding hydrogens is 367 g/mol. The van der Waals surface area contributed by atoms with Crippen LogP contribution in [0, 0.1) is 0 Å². The zero-order chi connectivity index (χ0) is 17.1. The number of carboxylic acids is 1. The Morgan fingerprint density at radius 2 is 1.91 bits per heavy atom. The summed E-state index contributed by atoms with van der Waals surface area (Å²) >= 11 is 3.24. The third kappa shape index (κ3) is 5.01. The van der Waals surface area contributed by atoms with Crippen LogP contribution in [0.3, 0.4) is 0 Å². The maximum Gasteiger partial charge on any atom is 0.391 e. The van der Waals surface area contributed by atoms with E-state index in [4.69, 9.17) is 5.11 Å². The first-order chi connectivity index (χ1) is 9.93. The molecule has 0 saturated carbocycles. The summed E-state index contributed by atoms with van der Waals surface area (Å²) in [5, 5.41) is 10.8. The minimum Gasteiger partial charge on any atom is -0.480 e. The number of halogens is 4. The Bertz CT molecular complexity index is 573. The SMILES string of the molecule is CC(C)(C(=O)NC(CC(F)(F)F)C(=O)O)c1cccc(Br)c1. The molecule has 0 aromatic heterocycles. The Kier molecular flexibility index (Phi) is 5.61. The van der Waals surface area contributed by atoms with E-state index in [0.717, 1.165) is 0 Å². The van der Waals surface area contributed by atoms with Crippen LogP contribution in [0.2, 0.25) is 0 Å². The number of carboxylic acid groups (broad SMARTS) is 1. The largest absolute Gasteiger partial charge is 0.480 e. The van der Waals surface area contributed by atoms with Gasteiger partial charge in [0.05, 0.1) is 11.8 Å². The van der Waals surface area contributed by atoms with Crippen molar-refractivity contribution in [2.24, 2.45) is 0 Å². The number of nitrogens with one attached hydrogen (secondary N) is 1. The average Bonchev–Trinajstić information content (AvgIpc) is 2.36. The maximum absolute atomic E-state index is 12.4. The Hall–Kier alpha value is -1.57. The Morgan fingerprint density at radius 3 is 2.36 bits per heavy atom. The number of rotatable bonds is 5.